The number of fused-ring (bicyclic) bond motifs is 2. The van der Waals surface area contributed by atoms with E-state index in [0.29, 0.717) is 59.4 Å². The number of pyridine rings is 1. The van der Waals surface area contributed by atoms with E-state index in [1.165, 1.54) is 0 Å². The number of piperidine rings is 1. The van der Waals surface area contributed by atoms with Crippen molar-refractivity contribution in [3.05, 3.63) is 46.8 Å². The Balaban J connectivity index is 1.39. The second-order valence-electron chi connectivity index (χ2n) is 10.6. The zero-order chi connectivity index (χ0) is 26.3. The molecule has 1 fully saturated rings. The van der Waals surface area contributed by atoms with Crippen LogP contribution in [0.1, 0.15) is 56.2 Å². The Hall–Kier alpha value is -3.88. The van der Waals surface area contributed by atoms with Crippen molar-refractivity contribution >= 4 is 34.7 Å². The lowest BCUT2D eigenvalue weighted by Crippen LogP contribution is -2.42. The van der Waals surface area contributed by atoms with E-state index in [9.17, 15) is 9.90 Å². The molecule has 3 aromatic rings. The molecule has 0 spiro atoms. The summed E-state index contributed by atoms with van der Waals surface area (Å²) in [6.45, 7) is 8.80. The topological polar surface area (TPSA) is 110 Å². The molecular weight excluding hydrogens is 472 g/mol. The van der Waals surface area contributed by atoms with Gasteiger partial charge < -0.3 is 23.9 Å². The Labute approximate surface area is 215 Å². The van der Waals surface area contributed by atoms with Crippen LogP contribution in [0.3, 0.4) is 0 Å². The van der Waals surface area contributed by atoms with Crippen molar-refractivity contribution in [2.75, 3.05) is 20.2 Å². The smallest absolute Gasteiger partial charge is 0.410 e. The first-order valence-electron chi connectivity index (χ1n) is 12.5. The Kier molecular flexibility index (Phi) is 6.39. The number of carbonyl (C=O) groups excluding carboxylic acids is 1. The van der Waals surface area contributed by atoms with Crippen LogP contribution >= 0.6 is 0 Å². The number of hydrogen-bond acceptors (Lipinski definition) is 8. The molecule has 1 aromatic carbocycles. The van der Waals surface area contributed by atoms with Gasteiger partial charge in [-0.2, -0.15) is 0 Å². The van der Waals surface area contributed by atoms with Crippen molar-refractivity contribution in [3.63, 3.8) is 0 Å². The van der Waals surface area contributed by atoms with Gasteiger partial charge in [-0.05, 0) is 77.1 Å². The zero-order valence-electron chi connectivity index (χ0n) is 21.9. The van der Waals surface area contributed by atoms with Gasteiger partial charge in [-0.15, -0.1) is 10.2 Å². The molecule has 5 rings (SSSR count). The molecule has 1 amide bonds. The number of aromatic nitrogens is 1. The van der Waals surface area contributed by atoms with Crippen molar-refractivity contribution in [1.29, 1.82) is 0 Å². The van der Waals surface area contributed by atoms with Gasteiger partial charge in [-0.3, -0.25) is 0 Å². The highest BCUT2D eigenvalue weighted by Gasteiger charge is 2.29. The lowest BCUT2D eigenvalue weighted by molar-refractivity contribution is 0.0184. The van der Waals surface area contributed by atoms with E-state index >= 15 is 0 Å². The number of hydrogen-bond donors (Lipinski definition) is 1. The standard InChI is InChI=1S/C28H32N4O5/c1-16-6-7-18-21(30-31-26(18)29-16)15-23-24(33)19-8-9-22(35-5)20(25(19)36-23)14-17-10-12-32(13-11-17)27(34)37-28(2,3)4/h6-9,15,17,33H,10-14H2,1-5H3. The van der Waals surface area contributed by atoms with Crippen LogP contribution < -0.4 is 4.74 Å². The summed E-state index contributed by atoms with van der Waals surface area (Å²) in [4.78, 5) is 18.6. The first kappa shape index (κ1) is 24.8. The summed E-state index contributed by atoms with van der Waals surface area (Å²) in [5.74, 6) is 1.96. The minimum absolute atomic E-state index is 0.0508. The van der Waals surface area contributed by atoms with Gasteiger partial charge in [0.05, 0.1) is 12.5 Å². The Morgan fingerprint density at radius 1 is 1.19 bits per heavy atom. The van der Waals surface area contributed by atoms with Gasteiger partial charge in [-0.25, -0.2) is 9.78 Å². The molecule has 37 heavy (non-hydrogen) atoms. The molecule has 9 heteroatoms. The van der Waals surface area contributed by atoms with E-state index in [0.717, 1.165) is 29.7 Å². The van der Waals surface area contributed by atoms with Crippen LogP contribution in [0.2, 0.25) is 0 Å². The molecule has 0 aliphatic carbocycles. The maximum Gasteiger partial charge on any atom is 0.410 e. The predicted octanol–water partition coefficient (Wildman–Crippen LogP) is 6.64. The van der Waals surface area contributed by atoms with Crippen LogP contribution in [0, 0.1) is 12.8 Å². The fourth-order valence-corrected chi connectivity index (χ4v) is 4.83. The summed E-state index contributed by atoms with van der Waals surface area (Å²) < 4.78 is 17.4. The molecule has 2 aliphatic rings. The fraction of sp³-hybridized carbons (Fsp3) is 0.429. The van der Waals surface area contributed by atoms with Crippen LogP contribution in [0.5, 0.6) is 11.5 Å². The van der Waals surface area contributed by atoms with Gasteiger partial charge in [0.15, 0.2) is 17.3 Å². The second kappa shape index (κ2) is 9.53. The SMILES string of the molecule is COc1ccc2c(O)c(C=C3N=Nc4nc(C)ccc43)oc2c1CC1CCN(C(=O)OC(C)(C)C)CC1. The van der Waals surface area contributed by atoms with Crippen molar-refractivity contribution in [2.45, 2.75) is 52.6 Å². The number of aryl methyl sites for hydroxylation is 1. The van der Waals surface area contributed by atoms with Crippen LogP contribution in [0.4, 0.5) is 10.6 Å². The molecule has 0 bridgehead atoms. The molecular formula is C28H32N4O5. The first-order chi connectivity index (χ1) is 17.6. The van der Waals surface area contributed by atoms with Crippen molar-refractivity contribution in [2.24, 2.45) is 16.1 Å². The zero-order valence-corrected chi connectivity index (χ0v) is 21.9. The number of furan rings is 1. The van der Waals surface area contributed by atoms with Crippen LogP contribution in [0.15, 0.2) is 38.9 Å². The summed E-state index contributed by atoms with van der Waals surface area (Å²) in [6.07, 6.45) is 3.81. The molecule has 1 saturated heterocycles. The quantitative estimate of drug-likeness (QED) is 0.427. The molecule has 9 nitrogen and oxygen atoms in total. The summed E-state index contributed by atoms with van der Waals surface area (Å²) >= 11 is 0. The molecule has 0 atom stereocenters. The number of aromatic hydroxyl groups is 1. The molecule has 0 unspecified atom stereocenters. The van der Waals surface area contributed by atoms with E-state index in [4.69, 9.17) is 13.9 Å². The van der Waals surface area contributed by atoms with Crippen molar-refractivity contribution < 1.29 is 23.8 Å². The van der Waals surface area contributed by atoms with E-state index < -0.39 is 5.60 Å². The van der Waals surface area contributed by atoms with E-state index in [2.05, 4.69) is 15.2 Å². The summed E-state index contributed by atoms with van der Waals surface area (Å²) in [6, 6.07) is 7.48. The highest BCUT2D eigenvalue weighted by atomic mass is 16.6. The van der Waals surface area contributed by atoms with E-state index in [1.54, 1.807) is 24.2 Å². The number of azo groups is 1. The number of rotatable bonds is 4. The summed E-state index contributed by atoms with van der Waals surface area (Å²) in [5, 5.41) is 20.0. The third kappa shape index (κ3) is 5.03. The van der Waals surface area contributed by atoms with Crippen molar-refractivity contribution in [1.82, 2.24) is 9.88 Å². The molecule has 0 saturated carbocycles. The van der Waals surface area contributed by atoms with Gasteiger partial charge in [0.1, 0.15) is 22.6 Å². The van der Waals surface area contributed by atoms with Gasteiger partial charge in [0, 0.05) is 36.0 Å². The van der Waals surface area contributed by atoms with Crippen LogP contribution in [-0.2, 0) is 11.2 Å². The van der Waals surface area contributed by atoms with Crippen LogP contribution in [-0.4, -0.2) is 46.9 Å². The maximum atomic E-state index is 12.4. The number of ether oxygens (including phenoxy) is 2. The van der Waals surface area contributed by atoms with Gasteiger partial charge in [-0.1, -0.05) is 0 Å². The molecule has 1 N–H and O–H groups in total. The predicted molar refractivity (Wildman–Crippen MR) is 140 cm³/mol. The normalized spacial score (nSPS) is 17.0. The Morgan fingerprint density at radius 3 is 2.65 bits per heavy atom. The fourth-order valence-electron chi connectivity index (χ4n) is 4.83. The minimum Gasteiger partial charge on any atom is -0.504 e. The Bertz CT molecular complexity index is 1410. The first-order valence-corrected chi connectivity index (χ1v) is 12.5. The monoisotopic (exact) mass is 504 g/mol. The summed E-state index contributed by atoms with van der Waals surface area (Å²) in [7, 11) is 1.63. The number of amides is 1. The number of carbonyl (C=O) groups is 1. The Morgan fingerprint density at radius 2 is 1.95 bits per heavy atom. The molecule has 2 aromatic heterocycles. The average Bonchev–Trinajstić information content (AvgIpc) is 3.39. The molecule has 4 heterocycles. The van der Waals surface area contributed by atoms with E-state index in [1.807, 2.05) is 45.9 Å². The largest absolute Gasteiger partial charge is 0.504 e. The van der Waals surface area contributed by atoms with Crippen molar-refractivity contribution in [3.8, 4) is 11.5 Å². The van der Waals surface area contributed by atoms with Gasteiger partial charge in [0.2, 0.25) is 0 Å². The highest BCUT2D eigenvalue weighted by molar-refractivity contribution is 5.95. The number of nitrogens with zero attached hydrogens (tertiary/aromatic N) is 4. The summed E-state index contributed by atoms with van der Waals surface area (Å²) in [5.41, 5.74) is 3.22. The third-order valence-electron chi connectivity index (χ3n) is 6.71. The molecule has 194 valence electrons. The van der Waals surface area contributed by atoms with Gasteiger partial charge in [0.25, 0.3) is 0 Å². The lowest BCUT2D eigenvalue weighted by atomic mass is 9.89. The molecule has 0 radical (unpaired) electrons. The maximum absolute atomic E-state index is 12.4. The third-order valence-corrected chi connectivity index (χ3v) is 6.71. The molecule has 2 aliphatic heterocycles. The lowest BCUT2D eigenvalue weighted by Gasteiger charge is -2.33. The average molecular weight is 505 g/mol. The number of methoxy groups -OCH3 is 1. The highest BCUT2D eigenvalue weighted by Crippen LogP contribution is 2.42. The minimum atomic E-state index is -0.511. The van der Waals surface area contributed by atoms with Gasteiger partial charge >= 0.3 is 6.09 Å². The van der Waals surface area contributed by atoms with E-state index in [-0.39, 0.29) is 11.8 Å². The number of likely N-dealkylation sites (tertiary alicyclic amines) is 1. The van der Waals surface area contributed by atoms with Crippen LogP contribution in [0.25, 0.3) is 22.7 Å². The number of benzene rings is 1. The second-order valence-corrected chi connectivity index (χ2v) is 10.6.